The lowest BCUT2D eigenvalue weighted by molar-refractivity contribution is -0.205. The van der Waals surface area contributed by atoms with Crippen molar-refractivity contribution in [2.45, 2.75) is 181 Å². The number of allylic oxidation sites excluding steroid dienone is 3. The molecule has 0 saturated heterocycles. The van der Waals surface area contributed by atoms with Gasteiger partial charge in [0.05, 0.1) is 18.6 Å². The Morgan fingerprint density at radius 1 is 0.938 bits per heavy atom. The zero-order valence-corrected chi connectivity index (χ0v) is 34.4. The van der Waals surface area contributed by atoms with E-state index in [1.165, 1.54) is 11.1 Å². The Labute approximate surface area is 292 Å². The number of aliphatic hydroxyl groups is 1. The molecule has 3 saturated carbocycles. The van der Waals surface area contributed by atoms with Crippen molar-refractivity contribution in [1.29, 1.82) is 0 Å². The zero-order valence-electron chi connectivity index (χ0n) is 32.4. The molecular formula is C38H68F3NO4Si2. The molecule has 0 radical (unpaired) electrons. The molecule has 2 N–H and O–H groups in total. The smallest absolute Gasteiger partial charge is 0.414 e. The van der Waals surface area contributed by atoms with Gasteiger partial charge in [-0.1, -0.05) is 85.6 Å². The van der Waals surface area contributed by atoms with Crippen LogP contribution in [-0.4, -0.2) is 58.7 Å². The maximum atomic E-state index is 12.8. The lowest BCUT2D eigenvalue weighted by Crippen LogP contribution is -2.48. The molecule has 0 bridgehead atoms. The Hall–Kier alpha value is -0.946. The van der Waals surface area contributed by atoms with Gasteiger partial charge >= 0.3 is 6.18 Å². The Balaban J connectivity index is 1.81. The van der Waals surface area contributed by atoms with Gasteiger partial charge in [-0.3, -0.25) is 4.79 Å². The molecule has 0 aromatic carbocycles. The van der Waals surface area contributed by atoms with Gasteiger partial charge in [0, 0.05) is 6.54 Å². The van der Waals surface area contributed by atoms with E-state index in [4.69, 9.17) is 8.85 Å². The third kappa shape index (κ3) is 9.88. The fourth-order valence-electron chi connectivity index (χ4n) is 8.19. The van der Waals surface area contributed by atoms with Gasteiger partial charge in [0.25, 0.3) is 0 Å². The van der Waals surface area contributed by atoms with E-state index < -0.39 is 41.2 Å². The number of rotatable bonds is 10. The van der Waals surface area contributed by atoms with Crippen molar-refractivity contribution in [3.63, 3.8) is 0 Å². The van der Waals surface area contributed by atoms with Gasteiger partial charge in [-0.2, -0.15) is 13.2 Å². The molecule has 5 nitrogen and oxygen atoms in total. The summed E-state index contributed by atoms with van der Waals surface area (Å²) in [4.78, 5) is 12.3. The Morgan fingerprint density at radius 3 is 1.94 bits per heavy atom. The number of hydrogen-bond acceptors (Lipinski definition) is 4. The molecule has 0 heterocycles. The first-order valence-corrected chi connectivity index (χ1v) is 24.2. The minimum atomic E-state index is -4.80. The first kappa shape index (κ1) is 41.5. The molecule has 3 aliphatic carbocycles. The van der Waals surface area contributed by atoms with Crippen LogP contribution >= 0.6 is 0 Å². The molecule has 3 fully saturated rings. The third-order valence-electron chi connectivity index (χ3n) is 13.0. The standard InChI is InChI=1S/C38H68F3NO4Si2/c1-34(2,3)47(10,11)45-28-21-26(22-29(23-28)46-48(12,13)35(4,5)6)16-17-27-15-14-20-37(9)30(27)18-19-31(37)36(7,8)25-42-33(44)24-32(43)38(39,40)41/h16-17,28-32,43H,14-15,18-25H2,1-13H3,(H,42,44)/t28-,29-,30?,31-,32+,37+/m1/s1. The van der Waals surface area contributed by atoms with E-state index in [1.807, 2.05) is 0 Å². The van der Waals surface area contributed by atoms with Crippen molar-refractivity contribution in [2.75, 3.05) is 6.54 Å². The van der Waals surface area contributed by atoms with Crippen LogP contribution in [0.25, 0.3) is 0 Å². The highest BCUT2D eigenvalue weighted by molar-refractivity contribution is 6.74. The van der Waals surface area contributed by atoms with Gasteiger partial charge in [0.2, 0.25) is 5.91 Å². The van der Waals surface area contributed by atoms with Crippen LogP contribution in [0, 0.1) is 22.7 Å². The van der Waals surface area contributed by atoms with Crippen LogP contribution in [0.1, 0.15) is 120 Å². The van der Waals surface area contributed by atoms with Gasteiger partial charge in [-0.05, 0) is 110 Å². The topological polar surface area (TPSA) is 67.8 Å². The Bertz CT molecular complexity index is 1160. The maximum Gasteiger partial charge on any atom is 0.414 e. The molecule has 0 aromatic heterocycles. The Kier molecular flexibility index (Phi) is 12.6. The number of amides is 1. The van der Waals surface area contributed by atoms with Crippen molar-refractivity contribution in [1.82, 2.24) is 5.32 Å². The largest absolute Gasteiger partial charge is 0.414 e. The summed E-state index contributed by atoms with van der Waals surface area (Å²) in [6.07, 6.45) is 4.90. The van der Waals surface area contributed by atoms with E-state index in [2.05, 4.69) is 106 Å². The van der Waals surface area contributed by atoms with Crippen LogP contribution in [0.4, 0.5) is 13.2 Å². The van der Waals surface area contributed by atoms with Crippen molar-refractivity contribution >= 4 is 22.5 Å². The fraction of sp³-hybridized carbons (Fsp3) is 0.868. The number of nitrogens with one attached hydrogen (secondary N) is 1. The summed E-state index contributed by atoms with van der Waals surface area (Å²) in [6, 6.07) is 0. The van der Waals surface area contributed by atoms with Crippen molar-refractivity contribution < 1.29 is 31.9 Å². The van der Waals surface area contributed by atoms with E-state index in [-0.39, 0.29) is 39.7 Å². The normalized spacial score (nSPS) is 29.5. The van der Waals surface area contributed by atoms with E-state index in [9.17, 15) is 23.1 Å². The lowest BCUT2D eigenvalue weighted by Gasteiger charge is -2.48. The second-order valence-electron chi connectivity index (χ2n) is 19.3. The fourth-order valence-corrected chi connectivity index (χ4v) is 10.9. The summed E-state index contributed by atoms with van der Waals surface area (Å²) in [6.45, 7) is 30.1. The molecule has 0 aromatic rings. The molecule has 10 heteroatoms. The summed E-state index contributed by atoms with van der Waals surface area (Å²) in [5, 5.41) is 12.3. The van der Waals surface area contributed by atoms with E-state index >= 15 is 0 Å². The van der Waals surface area contributed by atoms with E-state index in [1.54, 1.807) is 0 Å². The highest BCUT2D eigenvalue weighted by atomic mass is 28.4. The van der Waals surface area contributed by atoms with E-state index in [0.717, 1.165) is 51.4 Å². The second kappa shape index (κ2) is 14.6. The Morgan fingerprint density at radius 2 is 1.46 bits per heavy atom. The highest BCUT2D eigenvalue weighted by Crippen LogP contribution is 2.62. The summed E-state index contributed by atoms with van der Waals surface area (Å²) in [5.41, 5.74) is 2.67. The van der Waals surface area contributed by atoms with Crippen LogP contribution in [0.5, 0.6) is 0 Å². The SMILES string of the molecule is CC(C)(CNC(=O)C[C@H](O)C(F)(F)F)[C@H]1CCC2C(=CC=C3C[C@@H](O[Si](C)(C)C(C)(C)C)C[C@H](O[Si](C)(C)C(C)(C)C)C3)CCC[C@@]21C. The van der Waals surface area contributed by atoms with Gasteiger partial charge in [0.1, 0.15) is 0 Å². The van der Waals surface area contributed by atoms with Gasteiger partial charge in [0.15, 0.2) is 22.7 Å². The molecular weight excluding hydrogens is 648 g/mol. The number of halogens is 3. The average Bonchev–Trinajstić information content (AvgIpc) is 3.27. The minimum Gasteiger partial charge on any atom is -0.414 e. The molecule has 1 amide bonds. The van der Waals surface area contributed by atoms with Crippen molar-refractivity contribution in [3.8, 4) is 0 Å². The van der Waals surface area contributed by atoms with Gasteiger partial charge in [-0.25, -0.2) is 0 Å². The minimum absolute atomic E-state index is 0.0524. The quantitative estimate of drug-likeness (QED) is 0.221. The molecule has 0 aliphatic heterocycles. The molecule has 3 aliphatic rings. The van der Waals surface area contributed by atoms with Crippen LogP contribution in [-0.2, 0) is 13.6 Å². The maximum absolute atomic E-state index is 12.8. The van der Waals surface area contributed by atoms with E-state index in [0.29, 0.717) is 11.8 Å². The van der Waals surface area contributed by atoms with Crippen molar-refractivity contribution in [3.05, 3.63) is 23.3 Å². The molecule has 0 spiro atoms. The lowest BCUT2D eigenvalue weighted by atomic mass is 9.57. The number of hydrogen-bond donors (Lipinski definition) is 2. The van der Waals surface area contributed by atoms with Crippen LogP contribution in [0.15, 0.2) is 23.3 Å². The summed E-state index contributed by atoms with van der Waals surface area (Å²) in [7, 11) is -3.92. The van der Waals surface area contributed by atoms with Crippen LogP contribution in [0.2, 0.25) is 36.3 Å². The number of fused-ring (bicyclic) bond motifs is 1. The predicted molar refractivity (Wildman–Crippen MR) is 196 cm³/mol. The second-order valence-corrected chi connectivity index (χ2v) is 28.8. The number of carbonyl (C=O) groups is 1. The number of carbonyl (C=O) groups excluding carboxylic acids is 1. The van der Waals surface area contributed by atoms with Crippen LogP contribution < -0.4 is 5.32 Å². The van der Waals surface area contributed by atoms with Gasteiger partial charge < -0.3 is 19.3 Å². The third-order valence-corrected chi connectivity index (χ3v) is 22.0. The highest BCUT2D eigenvalue weighted by Gasteiger charge is 2.54. The summed E-state index contributed by atoms with van der Waals surface area (Å²) < 4.78 is 52.4. The predicted octanol–water partition coefficient (Wildman–Crippen LogP) is 10.5. The number of alkyl halides is 3. The van der Waals surface area contributed by atoms with Gasteiger partial charge in [-0.15, -0.1) is 0 Å². The zero-order chi connectivity index (χ0) is 36.7. The number of aliphatic hydroxyl groups excluding tert-OH is 1. The first-order valence-electron chi connectivity index (χ1n) is 18.3. The molecule has 1 unspecified atom stereocenters. The average molecular weight is 716 g/mol. The monoisotopic (exact) mass is 715 g/mol. The van der Waals surface area contributed by atoms with Crippen molar-refractivity contribution in [2.24, 2.45) is 22.7 Å². The summed E-state index contributed by atoms with van der Waals surface area (Å²) in [5.74, 6) is -0.00139. The molecule has 48 heavy (non-hydrogen) atoms. The molecule has 6 atom stereocenters. The van der Waals surface area contributed by atoms with Crippen LogP contribution in [0.3, 0.4) is 0 Å². The molecule has 278 valence electrons. The summed E-state index contributed by atoms with van der Waals surface area (Å²) >= 11 is 0. The first-order chi connectivity index (χ1) is 21.6. The molecule has 3 rings (SSSR count).